The van der Waals surface area contributed by atoms with Gasteiger partial charge < -0.3 is 20.5 Å². The molecule has 0 spiro atoms. The number of amides is 1. The van der Waals surface area contributed by atoms with Crippen LogP contribution in [0, 0.1) is 12.7 Å². The van der Waals surface area contributed by atoms with E-state index in [1.54, 1.807) is 19.9 Å². The summed E-state index contributed by atoms with van der Waals surface area (Å²) in [6, 6.07) is 6.88. The number of halogens is 1. The molecule has 3 rings (SSSR count). The first kappa shape index (κ1) is 20.6. The van der Waals surface area contributed by atoms with Crippen LogP contribution in [-0.4, -0.2) is 33.4 Å². The summed E-state index contributed by atoms with van der Waals surface area (Å²) in [5.74, 6) is -1.26. The van der Waals surface area contributed by atoms with E-state index in [9.17, 15) is 14.0 Å². The number of carbonyl (C=O) groups is 2. The number of hydrogen-bond acceptors (Lipinski definition) is 8. The van der Waals surface area contributed by atoms with Gasteiger partial charge in [0, 0.05) is 30.2 Å². The summed E-state index contributed by atoms with van der Waals surface area (Å²) in [5, 5.41) is 2.89. The van der Waals surface area contributed by atoms with Crippen LogP contribution >= 0.6 is 0 Å². The van der Waals surface area contributed by atoms with Gasteiger partial charge in [-0.3, -0.25) is 9.78 Å². The van der Waals surface area contributed by atoms with Crippen LogP contribution < -0.4 is 15.8 Å². The van der Waals surface area contributed by atoms with Crippen molar-refractivity contribution in [2.75, 3.05) is 11.9 Å². The van der Waals surface area contributed by atoms with Crippen LogP contribution in [0.5, 0.6) is 11.5 Å². The van der Waals surface area contributed by atoms with Gasteiger partial charge in [0.25, 0.3) is 5.91 Å². The molecule has 10 heteroatoms. The third kappa shape index (κ3) is 4.85. The van der Waals surface area contributed by atoms with Crippen LogP contribution in [0.25, 0.3) is 0 Å². The number of esters is 1. The number of carbonyl (C=O) groups excluding carboxylic acids is 2. The van der Waals surface area contributed by atoms with Gasteiger partial charge in [0.15, 0.2) is 11.6 Å². The lowest BCUT2D eigenvalue weighted by molar-refractivity contribution is 0.0526. The topological polar surface area (TPSA) is 129 Å². The number of ether oxygens (including phenoxy) is 2. The lowest BCUT2D eigenvalue weighted by Crippen LogP contribution is -2.12. The Bertz CT molecular complexity index is 1110. The van der Waals surface area contributed by atoms with Crippen molar-refractivity contribution in [2.45, 2.75) is 13.8 Å². The van der Waals surface area contributed by atoms with Crippen LogP contribution in [0.15, 0.2) is 42.7 Å². The van der Waals surface area contributed by atoms with E-state index in [4.69, 9.17) is 15.2 Å². The van der Waals surface area contributed by atoms with E-state index in [1.165, 1.54) is 36.7 Å². The molecular formula is C20H18FN5O4. The average Bonchev–Trinajstić information content (AvgIpc) is 2.70. The van der Waals surface area contributed by atoms with Gasteiger partial charge >= 0.3 is 5.97 Å². The molecule has 1 amide bonds. The molecule has 0 aliphatic carbocycles. The minimum atomic E-state index is -0.724. The fourth-order valence-electron chi connectivity index (χ4n) is 2.46. The number of anilines is 2. The van der Waals surface area contributed by atoms with E-state index in [-0.39, 0.29) is 35.2 Å². The molecule has 0 fully saturated rings. The van der Waals surface area contributed by atoms with Crippen molar-refractivity contribution in [1.29, 1.82) is 0 Å². The molecule has 0 radical (unpaired) electrons. The van der Waals surface area contributed by atoms with Crippen LogP contribution in [-0.2, 0) is 4.74 Å². The van der Waals surface area contributed by atoms with E-state index in [2.05, 4.69) is 20.3 Å². The van der Waals surface area contributed by atoms with Gasteiger partial charge in [0.2, 0.25) is 0 Å². The number of pyridine rings is 1. The zero-order chi connectivity index (χ0) is 21.7. The number of primary amides is 1. The first-order chi connectivity index (χ1) is 14.4. The Kier molecular flexibility index (Phi) is 6.16. The zero-order valence-corrected chi connectivity index (χ0v) is 16.2. The molecule has 0 unspecified atom stereocenters. The van der Waals surface area contributed by atoms with Crippen molar-refractivity contribution in [1.82, 2.24) is 15.0 Å². The SMILES string of the molecule is CCOC(=O)c1cnc(C)nc1Nc1ccc(Oc2ccnc(C(N)=O)c2)c(F)c1. The minimum absolute atomic E-state index is 0.00294. The maximum absolute atomic E-state index is 14.6. The highest BCUT2D eigenvalue weighted by molar-refractivity contribution is 5.95. The number of benzene rings is 1. The van der Waals surface area contributed by atoms with Crippen molar-refractivity contribution in [3.05, 3.63) is 65.6 Å². The molecule has 1 aromatic carbocycles. The minimum Gasteiger partial charge on any atom is -0.462 e. The van der Waals surface area contributed by atoms with Crippen molar-refractivity contribution in [3.8, 4) is 11.5 Å². The first-order valence-electron chi connectivity index (χ1n) is 8.88. The Hall–Kier alpha value is -4.08. The summed E-state index contributed by atoms with van der Waals surface area (Å²) >= 11 is 0. The molecule has 0 aliphatic rings. The summed E-state index contributed by atoms with van der Waals surface area (Å²) in [6.07, 6.45) is 2.67. The van der Waals surface area contributed by atoms with Crippen molar-refractivity contribution < 1.29 is 23.5 Å². The molecule has 154 valence electrons. The van der Waals surface area contributed by atoms with Crippen LogP contribution in [0.2, 0.25) is 0 Å². The lowest BCUT2D eigenvalue weighted by atomic mass is 10.2. The van der Waals surface area contributed by atoms with E-state index >= 15 is 0 Å². The van der Waals surface area contributed by atoms with Crippen molar-refractivity contribution in [3.63, 3.8) is 0 Å². The zero-order valence-electron chi connectivity index (χ0n) is 16.2. The van der Waals surface area contributed by atoms with Gasteiger partial charge in [-0.15, -0.1) is 0 Å². The molecule has 0 saturated heterocycles. The largest absolute Gasteiger partial charge is 0.462 e. The van der Waals surface area contributed by atoms with E-state index in [0.717, 1.165) is 0 Å². The first-order valence-corrected chi connectivity index (χ1v) is 8.88. The highest BCUT2D eigenvalue weighted by atomic mass is 19.1. The normalized spacial score (nSPS) is 10.4. The molecule has 3 aromatic rings. The van der Waals surface area contributed by atoms with E-state index < -0.39 is 17.7 Å². The third-order valence-corrected chi connectivity index (χ3v) is 3.81. The van der Waals surface area contributed by atoms with Crippen molar-refractivity contribution in [2.24, 2.45) is 5.73 Å². The summed E-state index contributed by atoms with van der Waals surface area (Å²) in [7, 11) is 0. The number of nitrogens with one attached hydrogen (secondary N) is 1. The maximum Gasteiger partial charge on any atom is 0.343 e. The van der Waals surface area contributed by atoms with Gasteiger partial charge in [-0.25, -0.2) is 19.2 Å². The molecule has 2 aromatic heterocycles. The van der Waals surface area contributed by atoms with Gasteiger partial charge in [-0.2, -0.15) is 0 Å². The predicted octanol–water partition coefficient (Wildman–Crippen LogP) is 3.13. The fraction of sp³-hybridized carbons (Fsp3) is 0.150. The highest BCUT2D eigenvalue weighted by Gasteiger charge is 2.16. The molecule has 30 heavy (non-hydrogen) atoms. The summed E-state index contributed by atoms with van der Waals surface area (Å²) in [6.45, 7) is 3.54. The Morgan fingerprint density at radius 3 is 2.70 bits per heavy atom. The second-order valence-electron chi connectivity index (χ2n) is 6.01. The molecule has 0 aliphatic heterocycles. The highest BCUT2D eigenvalue weighted by Crippen LogP contribution is 2.28. The number of nitrogens with two attached hydrogens (primary N) is 1. The van der Waals surface area contributed by atoms with E-state index in [0.29, 0.717) is 11.5 Å². The molecule has 0 atom stereocenters. The molecule has 3 N–H and O–H groups in total. The van der Waals surface area contributed by atoms with Gasteiger partial charge in [-0.1, -0.05) is 0 Å². The lowest BCUT2D eigenvalue weighted by Gasteiger charge is -2.12. The molecule has 0 saturated carbocycles. The van der Waals surface area contributed by atoms with Gasteiger partial charge in [0.1, 0.15) is 28.6 Å². The second-order valence-corrected chi connectivity index (χ2v) is 6.01. The number of rotatable bonds is 7. The molecule has 9 nitrogen and oxygen atoms in total. The number of aryl methyl sites for hydroxylation is 1. The second kappa shape index (κ2) is 8.95. The average molecular weight is 411 g/mol. The van der Waals surface area contributed by atoms with Crippen LogP contribution in [0.4, 0.5) is 15.9 Å². The Morgan fingerprint density at radius 2 is 2.00 bits per heavy atom. The fourth-order valence-corrected chi connectivity index (χ4v) is 2.46. The Balaban J connectivity index is 1.83. The van der Waals surface area contributed by atoms with Crippen molar-refractivity contribution >= 4 is 23.4 Å². The quantitative estimate of drug-likeness (QED) is 0.567. The Morgan fingerprint density at radius 1 is 1.20 bits per heavy atom. The summed E-state index contributed by atoms with van der Waals surface area (Å²) in [5.41, 5.74) is 5.63. The summed E-state index contributed by atoms with van der Waals surface area (Å²) in [4.78, 5) is 35.3. The smallest absolute Gasteiger partial charge is 0.343 e. The number of nitrogens with zero attached hydrogens (tertiary/aromatic N) is 3. The predicted molar refractivity (Wildman–Crippen MR) is 105 cm³/mol. The number of hydrogen-bond donors (Lipinski definition) is 2. The molecular weight excluding hydrogens is 393 g/mol. The van der Waals surface area contributed by atoms with Gasteiger partial charge in [0.05, 0.1) is 6.61 Å². The van der Waals surface area contributed by atoms with Gasteiger partial charge in [-0.05, 0) is 32.0 Å². The number of aromatic nitrogens is 3. The Labute approximate surface area is 171 Å². The third-order valence-electron chi connectivity index (χ3n) is 3.81. The molecule has 0 bridgehead atoms. The maximum atomic E-state index is 14.6. The standard InChI is InChI=1S/C20H18FN5O4/c1-3-29-20(28)14-10-24-11(2)25-19(14)26-12-4-5-17(15(21)8-12)30-13-6-7-23-16(9-13)18(22)27/h4-10H,3H2,1-2H3,(H2,22,27)(H,24,25,26). The monoisotopic (exact) mass is 411 g/mol. The summed E-state index contributed by atoms with van der Waals surface area (Å²) < 4.78 is 25.0. The van der Waals surface area contributed by atoms with Crippen LogP contribution in [0.3, 0.4) is 0 Å². The molecule has 2 heterocycles. The van der Waals surface area contributed by atoms with Crippen LogP contribution in [0.1, 0.15) is 33.6 Å². The van der Waals surface area contributed by atoms with E-state index in [1.807, 2.05) is 0 Å².